The van der Waals surface area contributed by atoms with E-state index in [-0.39, 0.29) is 11.9 Å². The number of carbonyl (C=O) groups is 1. The first-order valence-electron chi connectivity index (χ1n) is 9.11. The van der Waals surface area contributed by atoms with Gasteiger partial charge in [-0.25, -0.2) is 0 Å². The Kier molecular flexibility index (Phi) is 5.96. The van der Waals surface area contributed by atoms with Crippen molar-refractivity contribution in [1.82, 2.24) is 10.6 Å². The molecule has 1 aliphatic heterocycles. The number of amides is 1. The van der Waals surface area contributed by atoms with E-state index in [2.05, 4.69) is 10.6 Å². The second-order valence-electron chi connectivity index (χ2n) is 6.73. The molecule has 1 aromatic carbocycles. The lowest BCUT2D eigenvalue weighted by molar-refractivity contribution is -0.123. The van der Waals surface area contributed by atoms with Gasteiger partial charge in [-0.2, -0.15) is 0 Å². The molecule has 5 heteroatoms. The average Bonchev–Trinajstić information content (AvgIpc) is 3.14. The summed E-state index contributed by atoms with van der Waals surface area (Å²) in [7, 11) is 1.66. The number of nitrogens with one attached hydrogen (secondary N) is 2. The molecule has 5 nitrogen and oxygen atoms in total. The molecule has 2 N–H and O–H groups in total. The van der Waals surface area contributed by atoms with Crippen molar-refractivity contribution in [2.75, 3.05) is 13.7 Å². The summed E-state index contributed by atoms with van der Waals surface area (Å²) in [5, 5.41) is 6.29. The van der Waals surface area contributed by atoms with Crippen LogP contribution in [0.5, 0.6) is 11.5 Å². The average molecular weight is 332 g/mol. The lowest BCUT2D eigenvalue weighted by Crippen LogP contribution is -2.46. The van der Waals surface area contributed by atoms with Crippen LogP contribution < -0.4 is 20.1 Å². The zero-order valence-corrected chi connectivity index (χ0v) is 14.5. The fraction of sp³-hybridized carbons (Fsp3) is 0.632. The number of hydrogen-bond acceptors (Lipinski definition) is 4. The summed E-state index contributed by atoms with van der Waals surface area (Å²) in [5.74, 6) is 1.62. The zero-order valence-electron chi connectivity index (χ0n) is 14.5. The van der Waals surface area contributed by atoms with Gasteiger partial charge in [-0.05, 0) is 62.8 Å². The van der Waals surface area contributed by atoms with E-state index in [1.165, 1.54) is 12.8 Å². The molecule has 2 aliphatic rings. The second-order valence-corrected chi connectivity index (χ2v) is 6.73. The predicted octanol–water partition coefficient (Wildman–Crippen LogP) is 2.77. The molecule has 0 bridgehead atoms. The third-order valence-corrected chi connectivity index (χ3v) is 4.92. The summed E-state index contributed by atoms with van der Waals surface area (Å²) in [5.41, 5.74) is 1.02. The molecule has 1 saturated carbocycles. The molecular formula is C19H28N2O3. The molecule has 0 spiro atoms. The van der Waals surface area contributed by atoms with Crippen LogP contribution in [0.2, 0.25) is 0 Å². The summed E-state index contributed by atoms with van der Waals surface area (Å²) < 4.78 is 11.5. The Morgan fingerprint density at radius 2 is 1.96 bits per heavy atom. The highest BCUT2D eigenvalue weighted by Gasteiger charge is 2.21. The SMILES string of the molecule is COc1cc(CNC(=O)[C@@H]2CCCCN2)ccc1OC1CCCC1. The molecule has 132 valence electrons. The van der Waals surface area contributed by atoms with Gasteiger partial charge in [0.15, 0.2) is 11.5 Å². The van der Waals surface area contributed by atoms with Gasteiger partial charge in [0.05, 0.1) is 19.3 Å². The first-order valence-corrected chi connectivity index (χ1v) is 9.11. The first kappa shape index (κ1) is 17.1. The third kappa shape index (κ3) is 4.41. The van der Waals surface area contributed by atoms with Crippen molar-refractivity contribution in [3.8, 4) is 11.5 Å². The van der Waals surface area contributed by atoms with Crippen LogP contribution in [-0.2, 0) is 11.3 Å². The summed E-state index contributed by atoms with van der Waals surface area (Å²) in [4.78, 5) is 12.2. The molecule has 2 fully saturated rings. The minimum atomic E-state index is -0.0504. The maximum atomic E-state index is 12.2. The molecule has 0 unspecified atom stereocenters. The summed E-state index contributed by atoms with van der Waals surface area (Å²) in [6.45, 7) is 1.44. The molecule has 1 heterocycles. The number of piperidine rings is 1. The standard InChI is InChI=1S/C19H28N2O3/c1-23-18-12-14(9-10-17(18)24-15-6-2-3-7-15)13-21-19(22)16-8-4-5-11-20-16/h9-10,12,15-16,20H,2-8,11,13H2,1H3,(H,21,22)/t16-/m0/s1. The second kappa shape index (κ2) is 8.38. The van der Waals surface area contributed by atoms with Gasteiger partial charge in [0.25, 0.3) is 0 Å². The Morgan fingerprint density at radius 1 is 1.17 bits per heavy atom. The molecular weight excluding hydrogens is 304 g/mol. The Labute approximate surface area is 144 Å². The van der Waals surface area contributed by atoms with Crippen molar-refractivity contribution < 1.29 is 14.3 Å². The van der Waals surface area contributed by atoms with E-state index in [9.17, 15) is 4.79 Å². The van der Waals surface area contributed by atoms with Crippen molar-refractivity contribution >= 4 is 5.91 Å². The van der Waals surface area contributed by atoms with E-state index in [0.29, 0.717) is 12.6 Å². The number of rotatable bonds is 6. The van der Waals surface area contributed by atoms with Gasteiger partial charge < -0.3 is 20.1 Å². The minimum absolute atomic E-state index is 0.0504. The molecule has 1 aliphatic carbocycles. The lowest BCUT2D eigenvalue weighted by Gasteiger charge is -2.22. The molecule has 0 aromatic heterocycles. The third-order valence-electron chi connectivity index (χ3n) is 4.92. The summed E-state index contributed by atoms with van der Waals surface area (Å²) >= 11 is 0. The molecule has 3 rings (SSSR count). The van der Waals surface area contributed by atoms with Crippen LogP contribution in [0.3, 0.4) is 0 Å². The Morgan fingerprint density at radius 3 is 2.67 bits per heavy atom. The van der Waals surface area contributed by atoms with E-state index >= 15 is 0 Å². The van der Waals surface area contributed by atoms with Gasteiger partial charge in [-0.3, -0.25) is 4.79 Å². The number of carbonyl (C=O) groups excluding carboxylic acids is 1. The molecule has 24 heavy (non-hydrogen) atoms. The van der Waals surface area contributed by atoms with Crippen LogP contribution in [0, 0.1) is 0 Å². The Balaban J connectivity index is 1.56. The van der Waals surface area contributed by atoms with Crippen molar-refractivity contribution in [2.24, 2.45) is 0 Å². The fourth-order valence-corrected chi connectivity index (χ4v) is 3.49. The van der Waals surface area contributed by atoms with E-state index in [1.54, 1.807) is 7.11 Å². The normalized spacial score (nSPS) is 21.5. The van der Waals surface area contributed by atoms with Gasteiger partial charge in [-0.1, -0.05) is 12.5 Å². The van der Waals surface area contributed by atoms with Gasteiger partial charge in [-0.15, -0.1) is 0 Å². The zero-order chi connectivity index (χ0) is 16.8. The minimum Gasteiger partial charge on any atom is -0.493 e. The largest absolute Gasteiger partial charge is 0.493 e. The van der Waals surface area contributed by atoms with Gasteiger partial charge >= 0.3 is 0 Å². The van der Waals surface area contributed by atoms with Gasteiger partial charge in [0.1, 0.15) is 0 Å². The maximum absolute atomic E-state index is 12.2. The maximum Gasteiger partial charge on any atom is 0.237 e. The van der Waals surface area contributed by atoms with Crippen LogP contribution in [0.15, 0.2) is 18.2 Å². The highest BCUT2D eigenvalue weighted by atomic mass is 16.5. The molecule has 1 atom stereocenters. The number of ether oxygens (including phenoxy) is 2. The van der Waals surface area contributed by atoms with Crippen molar-refractivity contribution in [2.45, 2.75) is 63.6 Å². The van der Waals surface area contributed by atoms with Crippen LogP contribution in [-0.4, -0.2) is 31.7 Å². The Bertz CT molecular complexity index is 550. The molecule has 1 saturated heterocycles. The monoisotopic (exact) mass is 332 g/mol. The summed E-state index contributed by atoms with van der Waals surface area (Å²) in [6, 6.07) is 5.86. The van der Waals surface area contributed by atoms with Crippen LogP contribution in [0.4, 0.5) is 0 Å². The molecule has 1 aromatic rings. The van der Waals surface area contributed by atoms with Crippen LogP contribution >= 0.6 is 0 Å². The molecule has 1 amide bonds. The smallest absolute Gasteiger partial charge is 0.237 e. The van der Waals surface area contributed by atoms with E-state index in [1.807, 2.05) is 18.2 Å². The van der Waals surface area contributed by atoms with Gasteiger partial charge in [0, 0.05) is 6.54 Å². The highest BCUT2D eigenvalue weighted by molar-refractivity contribution is 5.81. The lowest BCUT2D eigenvalue weighted by atomic mass is 10.0. The quantitative estimate of drug-likeness (QED) is 0.841. The fourth-order valence-electron chi connectivity index (χ4n) is 3.49. The number of methoxy groups -OCH3 is 1. The highest BCUT2D eigenvalue weighted by Crippen LogP contribution is 2.32. The number of hydrogen-bond donors (Lipinski definition) is 2. The van der Waals surface area contributed by atoms with E-state index in [0.717, 1.165) is 55.7 Å². The van der Waals surface area contributed by atoms with Gasteiger partial charge in [0.2, 0.25) is 5.91 Å². The van der Waals surface area contributed by atoms with Crippen molar-refractivity contribution in [3.63, 3.8) is 0 Å². The first-order chi connectivity index (χ1) is 11.8. The predicted molar refractivity (Wildman–Crippen MR) is 93.4 cm³/mol. The summed E-state index contributed by atoms with van der Waals surface area (Å²) in [6.07, 6.45) is 8.23. The Hall–Kier alpha value is -1.75. The van der Waals surface area contributed by atoms with Crippen LogP contribution in [0.25, 0.3) is 0 Å². The topological polar surface area (TPSA) is 59.6 Å². The van der Waals surface area contributed by atoms with E-state index < -0.39 is 0 Å². The molecule has 0 radical (unpaired) electrons. The number of benzene rings is 1. The van der Waals surface area contributed by atoms with Crippen LogP contribution in [0.1, 0.15) is 50.5 Å². The van der Waals surface area contributed by atoms with Crippen molar-refractivity contribution in [1.29, 1.82) is 0 Å². The van der Waals surface area contributed by atoms with Crippen molar-refractivity contribution in [3.05, 3.63) is 23.8 Å². The van der Waals surface area contributed by atoms with E-state index in [4.69, 9.17) is 9.47 Å².